The van der Waals surface area contributed by atoms with Gasteiger partial charge in [0.25, 0.3) is 10.0 Å². The molecule has 2 N–H and O–H groups in total. The fourth-order valence-corrected chi connectivity index (χ4v) is 3.22. The number of carbonyl (C=O) groups is 2. The summed E-state index contributed by atoms with van der Waals surface area (Å²) in [6, 6.07) is 7.17. The van der Waals surface area contributed by atoms with E-state index in [0.29, 0.717) is 11.1 Å². The van der Waals surface area contributed by atoms with Crippen molar-refractivity contribution in [2.24, 2.45) is 0 Å². The third-order valence-corrected chi connectivity index (χ3v) is 4.76. The van der Waals surface area contributed by atoms with E-state index in [0.717, 1.165) is 6.08 Å². The zero-order valence-electron chi connectivity index (χ0n) is 14.0. The average molecular weight is 376 g/mol. The van der Waals surface area contributed by atoms with Crippen molar-refractivity contribution in [1.82, 2.24) is 4.98 Å². The second-order valence-corrected chi connectivity index (χ2v) is 6.77. The molecule has 0 amide bonds. The van der Waals surface area contributed by atoms with Crippen LogP contribution >= 0.6 is 0 Å². The van der Waals surface area contributed by atoms with Gasteiger partial charge in [0.05, 0.1) is 18.4 Å². The number of methoxy groups -OCH3 is 1. The number of nitrogens with one attached hydrogen (secondary N) is 1. The van der Waals surface area contributed by atoms with Gasteiger partial charge in [-0.15, -0.1) is 0 Å². The molecule has 9 heteroatoms. The number of aromatic nitrogens is 1. The molecule has 0 aliphatic carbocycles. The molecule has 136 valence electrons. The molecule has 1 heterocycles. The highest BCUT2D eigenvalue weighted by Crippen LogP contribution is 2.26. The number of benzene rings is 1. The van der Waals surface area contributed by atoms with E-state index >= 15 is 0 Å². The first kappa shape index (κ1) is 19.1. The van der Waals surface area contributed by atoms with Crippen molar-refractivity contribution >= 4 is 33.7 Å². The molecule has 2 aromatic rings. The number of carboxylic acids is 1. The lowest BCUT2D eigenvalue weighted by Crippen LogP contribution is -2.17. The predicted octanol–water partition coefficient (Wildman–Crippen LogP) is 2.08. The van der Waals surface area contributed by atoms with Crippen LogP contribution in [-0.4, -0.2) is 37.6 Å². The number of nitrogens with zero attached hydrogens (tertiary/aromatic N) is 1. The van der Waals surface area contributed by atoms with Gasteiger partial charge in [-0.1, -0.05) is 12.1 Å². The van der Waals surface area contributed by atoms with Crippen LogP contribution in [0.25, 0.3) is 6.08 Å². The summed E-state index contributed by atoms with van der Waals surface area (Å²) >= 11 is 0. The van der Waals surface area contributed by atoms with Crippen LogP contribution in [0.15, 0.2) is 47.6 Å². The van der Waals surface area contributed by atoms with Crippen molar-refractivity contribution in [1.29, 1.82) is 0 Å². The Morgan fingerprint density at radius 2 is 1.96 bits per heavy atom. The minimum Gasteiger partial charge on any atom is -0.478 e. The summed E-state index contributed by atoms with van der Waals surface area (Å²) in [6.45, 7) is 1.51. The number of pyridine rings is 1. The van der Waals surface area contributed by atoms with Crippen molar-refractivity contribution in [2.45, 2.75) is 11.9 Å². The van der Waals surface area contributed by atoms with E-state index in [9.17, 15) is 23.1 Å². The molecule has 0 atom stereocenters. The fourth-order valence-electron chi connectivity index (χ4n) is 2.20. The Bertz CT molecular complexity index is 968. The molecule has 1 aromatic carbocycles. The maximum Gasteiger partial charge on any atom is 0.338 e. The number of carbonyl (C=O) groups excluding carboxylic acids is 1. The van der Waals surface area contributed by atoms with Gasteiger partial charge in [-0.25, -0.2) is 14.6 Å². The van der Waals surface area contributed by atoms with E-state index in [1.165, 1.54) is 50.6 Å². The Balaban J connectivity index is 2.47. The maximum atomic E-state index is 12.4. The van der Waals surface area contributed by atoms with Gasteiger partial charge in [-0.2, -0.15) is 8.42 Å². The Morgan fingerprint density at radius 1 is 1.23 bits per heavy atom. The molecule has 1 aromatic heterocycles. The van der Waals surface area contributed by atoms with Crippen molar-refractivity contribution in [3.63, 3.8) is 0 Å². The Kier molecular flexibility index (Phi) is 5.73. The number of rotatable bonds is 6. The lowest BCUT2D eigenvalue weighted by atomic mass is 10.00. The summed E-state index contributed by atoms with van der Waals surface area (Å²) in [5.74, 6) is -1.91. The molecule has 0 radical (unpaired) electrons. The van der Waals surface area contributed by atoms with Gasteiger partial charge in [-0.3, -0.25) is 4.72 Å². The number of ether oxygens (including phenoxy) is 1. The minimum atomic E-state index is -4.05. The number of aromatic carboxylic acids is 1. The maximum absolute atomic E-state index is 12.4. The van der Waals surface area contributed by atoms with Gasteiger partial charge < -0.3 is 9.84 Å². The summed E-state index contributed by atoms with van der Waals surface area (Å²) in [5, 5.41) is 9.26. The predicted molar refractivity (Wildman–Crippen MR) is 94.2 cm³/mol. The molecule has 0 bridgehead atoms. The number of hydrogen-bond donors (Lipinski definition) is 2. The third-order valence-electron chi connectivity index (χ3n) is 3.48. The summed E-state index contributed by atoms with van der Waals surface area (Å²) in [6.07, 6.45) is 3.86. The normalized spacial score (nSPS) is 11.3. The highest BCUT2D eigenvalue weighted by molar-refractivity contribution is 7.92. The van der Waals surface area contributed by atoms with Gasteiger partial charge in [0.2, 0.25) is 0 Å². The average Bonchev–Trinajstić information content (AvgIpc) is 2.61. The number of carboxylic acid groups (broad SMARTS) is 1. The van der Waals surface area contributed by atoms with Crippen molar-refractivity contribution in [3.05, 3.63) is 59.3 Å². The highest BCUT2D eigenvalue weighted by atomic mass is 32.2. The molecule has 0 aliphatic heterocycles. The molecule has 0 saturated heterocycles. The van der Waals surface area contributed by atoms with Gasteiger partial charge in [0.15, 0.2) is 5.03 Å². The van der Waals surface area contributed by atoms with Crippen LogP contribution in [0.5, 0.6) is 0 Å². The summed E-state index contributed by atoms with van der Waals surface area (Å²) in [5.41, 5.74) is 0.403. The molecule has 0 aliphatic rings. The van der Waals surface area contributed by atoms with Crippen LogP contribution in [0.4, 0.5) is 5.69 Å². The minimum absolute atomic E-state index is 0.101. The van der Waals surface area contributed by atoms with Gasteiger partial charge in [0.1, 0.15) is 0 Å². The third kappa shape index (κ3) is 4.25. The molecular weight excluding hydrogens is 360 g/mol. The van der Waals surface area contributed by atoms with Crippen LogP contribution < -0.4 is 4.72 Å². The van der Waals surface area contributed by atoms with Gasteiger partial charge in [0, 0.05) is 12.3 Å². The first-order valence-corrected chi connectivity index (χ1v) is 8.81. The van der Waals surface area contributed by atoms with Gasteiger partial charge in [-0.05, 0) is 42.3 Å². The van der Waals surface area contributed by atoms with Crippen LogP contribution in [0.3, 0.4) is 0 Å². The Hall–Kier alpha value is -3.20. The lowest BCUT2D eigenvalue weighted by molar-refractivity contribution is -0.134. The second kappa shape index (κ2) is 7.79. The fraction of sp³-hybridized carbons (Fsp3) is 0.118. The number of hydrogen-bond acceptors (Lipinski definition) is 6. The van der Waals surface area contributed by atoms with Crippen molar-refractivity contribution in [3.8, 4) is 0 Å². The molecule has 0 fully saturated rings. The molecule has 0 saturated carbocycles. The second-order valence-electron chi connectivity index (χ2n) is 5.14. The van der Waals surface area contributed by atoms with Crippen LogP contribution in [-0.2, 0) is 19.6 Å². The largest absolute Gasteiger partial charge is 0.478 e. The van der Waals surface area contributed by atoms with E-state index in [1.807, 2.05) is 0 Å². The zero-order valence-corrected chi connectivity index (χ0v) is 14.8. The van der Waals surface area contributed by atoms with E-state index in [4.69, 9.17) is 0 Å². The smallest absolute Gasteiger partial charge is 0.338 e. The van der Waals surface area contributed by atoms with Crippen LogP contribution in [0.2, 0.25) is 0 Å². The summed E-state index contributed by atoms with van der Waals surface area (Å²) in [7, 11) is -2.83. The molecule has 0 unspecified atom stereocenters. The van der Waals surface area contributed by atoms with Gasteiger partial charge >= 0.3 is 11.9 Å². The molecule has 0 spiro atoms. The summed E-state index contributed by atoms with van der Waals surface area (Å²) < 4.78 is 31.5. The SMILES string of the molecule is COC(=O)C=Cc1ccc(NS(=O)(=O)c2ccccn2)c(C(=O)O)c1C. The Morgan fingerprint density at radius 3 is 2.54 bits per heavy atom. The quantitative estimate of drug-likeness (QED) is 0.584. The molecular formula is C17H16N2O6S. The topological polar surface area (TPSA) is 123 Å². The first-order valence-electron chi connectivity index (χ1n) is 7.33. The molecule has 8 nitrogen and oxygen atoms in total. The van der Waals surface area contributed by atoms with Crippen molar-refractivity contribution in [2.75, 3.05) is 11.8 Å². The molecule has 26 heavy (non-hydrogen) atoms. The summed E-state index contributed by atoms with van der Waals surface area (Å²) in [4.78, 5) is 26.6. The lowest BCUT2D eigenvalue weighted by Gasteiger charge is -2.13. The number of anilines is 1. The van der Waals surface area contributed by atoms with E-state index in [2.05, 4.69) is 14.4 Å². The van der Waals surface area contributed by atoms with E-state index < -0.39 is 22.0 Å². The monoisotopic (exact) mass is 376 g/mol. The number of esters is 1. The van der Waals surface area contributed by atoms with E-state index in [-0.39, 0.29) is 16.3 Å². The van der Waals surface area contributed by atoms with Crippen LogP contribution in [0.1, 0.15) is 21.5 Å². The standard InChI is InChI=1S/C17H16N2O6S/c1-11-12(7-9-15(20)25-2)6-8-13(16(11)17(21)22)19-26(23,24)14-5-3-4-10-18-14/h3-10,19H,1-2H3,(H,21,22). The zero-order chi connectivity index (χ0) is 19.3. The Labute approximate surface area is 150 Å². The van der Waals surface area contributed by atoms with Crippen molar-refractivity contribution < 1.29 is 27.9 Å². The molecule has 2 rings (SSSR count). The van der Waals surface area contributed by atoms with E-state index in [1.54, 1.807) is 6.07 Å². The number of sulfonamides is 1. The highest BCUT2D eigenvalue weighted by Gasteiger charge is 2.21. The first-order chi connectivity index (χ1) is 12.3. The van der Waals surface area contributed by atoms with Crippen LogP contribution in [0, 0.1) is 6.92 Å².